The molecule has 4 nitrogen and oxygen atoms in total. The Bertz CT molecular complexity index is 469. The van der Waals surface area contributed by atoms with Gasteiger partial charge in [-0.15, -0.1) is 0 Å². The Morgan fingerprint density at radius 3 is 2.57 bits per heavy atom. The van der Waals surface area contributed by atoms with E-state index in [-0.39, 0.29) is 5.91 Å². The summed E-state index contributed by atoms with van der Waals surface area (Å²) in [6.07, 6.45) is 0.923. The van der Waals surface area contributed by atoms with Crippen LogP contribution < -0.4 is 0 Å². The predicted octanol–water partition coefficient (Wildman–Crippen LogP) is 3.14. The lowest BCUT2D eigenvalue weighted by molar-refractivity contribution is 0.0689. The van der Waals surface area contributed by atoms with Gasteiger partial charge in [-0.2, -0.15) is 0 Å². The Balaban J connectivity index is 2.75. The van der Waals surface area contributed by atoms with Crippen molar-refractivity contribution < 1.29 is 9.53 Å². The van der Waals surface area contributed by atoms with E-state index in [2.05, 4.69) is 20.8 Å². The molecule has 0 heterocycles. The first-order valence-electron chi connectivity index (χ1n) is 6.83. The number of carbonyl (C=O) groups excluding carboxylic acids is 1. The number of halogens is 2. The first-order chi connectivity index (χ1) is 9.95. The molecule has 0 aliphatic carbocycles. The molecule has 0 atom stereocenters. The second-order valence-corrected chi connectivity index (χ2v) is 6.33. The predicted molar refractivity (Wildman–Crippen MR) is 90.1 cm³/mol. The molecular formula is C15H22BrClN2O2. The van der Waals surface area contributed by atoms with Crippen molar-refractivity contribution in [1.82, 2.24) is 9.80 Å². The normalized spacial score (nSPS) is 11.0. The molecule has 0 radical (unpaired) electrons. The Hall–Kier alpha value is -0.620. The maximum Gasteiger partial charge on any atom is 0.253 e. The molecule has 0 bridgehead atoms. The Morgan fingerprint density at radius 1 is 1.29 bits per heavy atom. The summed E-state index contributed by atoms with van der Waals surface area (Å²) in [7, 11) is 5.69. The molecule has 0 saturated carbocycles. The maximum atomic E-state index is 12.6. The molecule has 118 valence electrons. The van der Waals surface area contributed by atoms with Gasteiger partial charge in [-0.05, 0) is 61.2 Å². The molecule has 21 heavy (non-hydrogen) atoms. The summed E-state index contributed by atoms with van der Waals surface area (Å²) in [6, 6.07) is 5.27. The summed E-state index contributed by atoms with van der Waals surface area (Å²) in [5, 5.41) is 0.542. The summed E-state index contributed by atoms with van der Waals surface area (Å²) < 4.78 is 5.88. The van der Waals surface area contributed by atoms with Gasteiger partial charge in [-0.3, -0.25) is 4.79 Å². The van der Waals surface area contributed by atoms with Gasteiger partial charge < -0.3 is 14.5 Å². The van der Waals surface area contributed by atoms with Crippen molar-refractivity contribution >= 4 is 33.4 Å². The monoisotopic (exact) mass is 376 g/mol. The maximum absolute atomic E-state index is 12.6. The molecule has 1 aromatic carbocycles. The van der Waals surface area contributed by atoms with Crippen LogP contribution in [0.3, 0.4) is 0 Å². The summed E-state index contributed by atoms with van der Waals surface area (Å²) in [4.78, 5) is 16.5. The van der Waals surface area contributed by atoms with Crippen LogP contribution in [0, 0.1) is 0 Å². The molecule has 0 aromatic heterocycles. The summed E-state index contributed by atoms with van der Waals surface area (Å²) >= 11 is 9.40. The highest BCUT2D eigenvalue weighted by Gasteiger charge is 2.16. The second kappa shape index (κ2) is 9.41. The first kappa shape index (κ1) is 18.4. The molecule has 1 amide bonds. The lowest BCUT2D eigenvalue weighted by Crippen LogP contribution is -2.36. The number of methoxy groups -OCH3 is 1. The number of hydrogen-bond acceptors (Lipinski definition) is 3. The number of rotatable bonds is 8. The van der Waals surface area contributed by atoms with Crippen LogP contribution in [-0.2, 0) is 4.74 Å². The Labute approximate surface area is 140 Å². The molecule has 0 unspecified atom stereocenters. The smallest absolute Gasteiger partial charge is 0.253 e. The molecule has 1 aromatic rings. The van der Waals surface area contributed by atoms with E-state index in [1.54, 1.807) is 25.3 Å². The zero-order valence-electron chi connectivity index (χ0n) is 12.7. The van der Waals surface area contributed by atoms with Crippen molar-refractivity contribution in [1.29, 1.82) is 0 Å². The molecule has 0 N–H and O–H groups in total. The SMILES string of the molecule is COCCN(CCCN(C)C)C(=O)c1ccc(Br)c(Cl)c1. The summed E-state index contributed by atoms with van der Waals surface area (Å²) in [5.74, 6) is -0.0137. The van der Waals surface area contributed by atoms with E-state index >= 15 is 0 Å². The largest absolute Gasteiger partial charge is 0.383 e. The standard InChI is InChI=1S/C15H22BrClN2O2/c1-18(2)7-4-8-19(9-10-21-3)15(20)12-5-6-13(16)14(17)11-12/h5-6,11H,4,7-10H2,1-3H3. The molecule has 0 saturated heterocycles. The van der Waals surface area contributed by atoms with Crippen LogP contribution in [0.4, 0.5) is 0 Å². The number of hydrogen-bond donors (Lipinski definition) is 0. The minimum absolute atomic E-state index is 0.0137. The fourth-order valence-corrected chi connectivity index (χ4v) is 2.33. The van der Waals surface area contributed by atoms with E-state index in [0.29, 0.717) is 30.3 Å². The van der Waals surface area contributed by atoms with Crippen LogP contribution in [-0.4, -0.2) is 63.2 Å². The van der Waals surface area contributed by atoms with E-state index in [9.17, 15) is 4.79 Å². The highest BCUT2D eigenvalue weighted by molar-refractivity contribution is 9.10. The minimum Gasteiger partial charge on any atom is -0.383 e. The highest BCUT2D eigenvalue weighted by Crippen LogP contribution is 2.23. The number of carbonyl (C=O) groups is 1. The van der Waals surface area contributed by atoms with Crippen molar-refractivity contribution in [3.8, 4) is 0 Å². The molecule has 6 heteroatoms. The molecule has 1 rings (SSSR count). The molecule has 0 aliphatic rings. The molecule has 0 aliphatic heterocycles. The van der Waals surface area contributed by atoms with Gasteiger partial charge in [0, 0.05) is 30.2 Å². The lowest BCUT2D eigenvalue weighted by Gasteiger charge is -2.23. The number of nitrogens with zero attached hydrogens (tertiary/aromatic N) is 2. The summed E-state index contributed by atoms with van der Waals surface area (Å²) in [5.41, 5.74) is 0.601. The van der Waals surface area contributed by atoms with Gasteiger partial charge in [0.2, 0.25) is 0 Å². The fraction of sp³-hybridized carbons (Fsp3) is 0.533. The van der Waals surface area contributed by atoms with E-state index in [0.717, 1.165) is 17.4 Å². The Morgan fingerprint density at radius 2 is 2.00 bits per heavy atom. The van der Waals surface area contributed by atoms with E-state index in [4.69, 9.17) is 16.3 Å². The first-order valence-corrected chi connectivity index (χ1v) is 8.00. The van der Waals surface area contributed by atoms with Gasteiger partial charge in [-0.25, -0.2) is 0 Å². The van der Waals surface area contributed by atoms with E-state index < -0.39 is 0 Å². The van der Waals surface area contributed by atoms with Crippen molar-refractivity contribution in [3.05, 3.63) is 33.3 Å². The quantitative estimate of drug-likeness (QED) is 0.698. The molecular weight excluding hydrogens is 356 g/mol. The van der Waals surface area contributed by atoms with Crippen molar-refractivity contribution in [2.45, 2.75) is 6.42 Å². The molecule has 0 fully saturated rings. The average molecular weight is 378 g/mol. The van der Waals surface area contributed by atoms with Gasteiger partial charge >= 0.3 is 0 Å². The number of benzene rings is 1. The van der Waals surface area contributed by atoms with Gasteiger partial charge in [0.25, 0.3) is 5.91 Å². The van der Waals surface area contributed by atoms with E-state index in [1.807, 2.05) is 19.0 Å². The van der Waals surface area contributed by atoms with Gasteiger partial charge in [-0.1, -0.05) is 11.6 Å². The average Bonchev–Trinajstić information content (AvgIpc) is 2.44. The van der Waals surface area contributed by atoms with Gasteiger partial charge in [0.15, 0.2) is 0 Å². The van der Waals surface area contributed by atoms with Crippen LogP contribution in [0.2, 0.25) is 5.02 Å². The molecule has 0 spiro atoms. The van der Waals surface area contributed by atoms with Crippen molar-refractivity contribution in [3.63, 3.8) is 0 Å². The number of amides is 1. The lowest BCUT2D eigenvalue weighted by atomic mass is 10.2. The third-order valence-corrected chi connectivity index (χ3v) is 4.28. The topological polar surface area (TPSA) is 32.8 Å². The van der Waals surface area contributed by atoms with Crippen molar-refractivity contribution in [2.24, 2.45) is 0 Å². The van der Waals surface area contributed by atoms with Gasteiger partial charge in [0.1, 0.15) is 0 Å². The van der Waals surface area contributed by atoms with E-state index in [1.165, 1.54) is 0 Å². The van der Waals surface area contributed by atoms with Gasteiger partial charge in [0.05, 0.1) is 11.6 Å². The van der Waals surface area contributed by atoms with Crippen molar-refractivity contribution in [2.75, 3.05) is 47.4 Å². The third kappa shape index (κ3) is 6.34. The van der Waals surface area contributed by atoms with Crippen LogP contribution in [0.15, 0.2) is 22.7 Å². The Kier molecular flexibility index (Phi) is 8.26. The highest BCUT2D eigenvalue weighted by atomic mass is 79.9. The minimum atomic E-state index is -0.0137. The van der Waals surface area contributed by atoms with Crippen LogP contribution in [0.25, 0.3) is 0 Å². The zero-order chi connectivity index (χ0) is 15.8. The summed E-state index contributed by atoms with van der Waals surface area (Å²) in [6.45, 7) is 2.75. The fourth-order valence-electron chi connectivity index (χ4n) is 1.91. The van der Waals surface area contributed by atoms with Crippen LogP contribution in [0.5, 0.6) is 0 Å². The second-order valence-electron chi connectivity index (χ2n) is 5.07. The van der Waals surface area contributed by atoms with Crippen LogP contribution in [0.1, 0.15) is 16.8 Å². The number of ether oxygens (including phenoxy) is 1. The zero-order valence-corrected chi connectivity index (χ0v) is 15.1. The van der Waals surface area contributed by atoms with Crippen LogP contribution >= 0.6 is 27.5 Å². The third-order valence-electron chi connectivity index (χ3n) is 3.05.